The quantitative estimate of drug-likeness (QED) is 0.690. The Morgan fingerprint density at radius 2 is 1.40 bits per heavy atom. The van der Waals surface area contributed by atoms with Crippen LogP contribution in [0.25, 0.3) is 0 Å². The molecule has 128 valence electrons. The molecule has 0 atom stereocenters. The Balaban J connectivity index is 0.000000146. The average Bonchev–Trinajstić information content (AvgIpc) is 3.07. The molecule has 0 saturated heterocycles. The molecule has 2 amide bonds. The van der Waals surface area contributed by atoms with E-state index in [9.17, 15) is 14.4 Å². The zero-order valence-electron chi connectivity index (χ0n) is 14.0. The fraction of sp³-hybridized carbons (Fsp3) is 0.211. The minimum Gasteiger partial charge on any atom is -0.337 e. The molecule has 6 heteroatoms. The van der Waals surface area contributed by atoms with Crippen molar-refractivity contribution >= 4 is 34.0 Å². The minimum atomic E-state index is -0.00120. The Morgan fingerprint density at radius 1 is 0.880 bits per heavy atom. The molecule has 0 radical (unpaired) electrons. The molecule has 2 aliphatic rings. The third-order valence-electron chi connectivity index (χ3n) is 4.40. The molecule has 4 rings (SSSR count). The maximum Gasteiger partial charge on any atom is 0.254 e. The van der Waals surface area contributed by atoms with Crippen LogP contribution in [0.2, 0.25) is 0 Å². The Bertz CT molecular complexity index is 879. The molecule has 5 nitrogen and oxygen atoms in total. The normalized spacial score (nSPS) is 14.8. The molecule has 2 aromatic rings. The second kappa shape index (κ2) is 6.80. The zero-order valence-corrected chi connectivity index (χ0v) is 15.5. The highest BCUT2D eigenvalue weighted by Gasteiger charge is 2.26. The third-order valence-corrected chi connectivity index (χ3v) is 5.15. The fourth-order valence-corrected chi connectivity index (χ4v) is 3.53. The molecule has 0 N–H and O–H groups in total. The molecular formula is C19H17BrN2O3. The first kappa shape index (κ1) is 17.4. The van der Waals surface area contributed by atoms with Crippen molar-refractivity contribution in [1.82, 2.24) is 9.80 Å². The van der Waals surface area contributed by atoms with Crippen LogP contribution in [0.15, 0.2) is 40.9 Å². The summed E-state index contributed by atoms with van der Waals surface area (Å²) in [5.41, 5.74) is 4.06. The van der Waals surface area contributed by atoms with Gasteiger partial charge in [0.25, 0.3) is 11.8 Å². The summed E-state index contributed by atoms with van der Waals surface area (Å²) in [6.45, 7) is 1.26. The number of nitrogens with zero attached hydrogens (tertiary/aromatic N) is 2. The maximum atomic E-state index is 11.5. The lowest BCUT2D eigenvalue weighted by atomic mass is 10.0. The van der Waals surface area contributed by atoms with Crippen molar-refractivity contribution in [2.45, 2.75) is 13.1 Å². The van der Waals surface area contributed by atoms with Gasteiger partial charge in [-0.25, -0.2) is 0 Å². The van der Waals surface area contributed by atoms with Crippen molar-refractivity contribution < 1.29 is 14.4 Å². The molecule has 0 aromatic heterocycles. The van der Waals surface area contributed by atoms with Gasteiger partial charge in [-0.3, -0.25) is 14.4 Å². The van der Waals surface area contributed by atoms with Gasteiger partial charge in [0.1, 0.15) is 6.29 Å². The predicted molar refractivity (Wildman–Crippen MR) is 97.6 cm³/mol. The highest BCUT2D eigenvalue weighted by Crippen LogP contribution is 2.28. The van der Waals surface area contributed by atoms with Gasteiger partial charge in [0.15, 0.2) is 0 Å². The van der Waals surface area contributed by atoms with Gasteiger partial charge in [-0.05, 0) is 29.3 Å². The van der Waals surface area contributed by atoms with E-state index < -0.39 is 0 Å². The van der Waals surface area contributed by atoms with Crippen molar-refractivity contribution in [2.24, 2.45) is 0 Å². The molecule has 0 saturated carbocycles. The van der Waals surface area contributed by atoms with Crippen LogP contribution in [0.4, 0.5) is 0 Å². The maximum absolute atomic E-state index is 11.5. The molecule has 25 heavy (non-hydrogen) atoms. The first-order valence-electron chi connectivity index (χ1n) is 7.79. The molecule has 0 aliphatic carbocycles. The SMILES string of the molecule is CN1Cc2c(Br)cccc2C1=O.CN1Cc2c(C=O)cccc2C1=O. The highest BCUT2D eigenvalue weighted by molar-refractivity contribution is 9.10. The van der Waals surface area contributed by atoms with Gasteiger partial charge >= 0.3 is 0 Å². The van der Waals surface area contributed by atoms with Crippen molar-refractivity contribution in [3.8, 4) is 0 Å². The van der Waals surface area contributed by atoms with Gasteiger partial charge in [0.2, 0.25) is 0 Å². The molecular weight excluding hydrogens is 384 g/mol. The number of carbonyl (C=O) groups excluding carboxylic acids is 3. The first-order valence-corrected chi connectivity index (χ1v) is 8.58. The molecule has 2 aromatic carbocycles. The molecule has 0 fully saturated rings. The van der Waals surface area contributed by atoms with E-state index in [0.717, 1.165) is 34.0 Å². The summed E-state index contributed by atoms with van der Waals surface area (Å²) in [6, 6.07) is 10.9. The van der Waals surface area contributed by atoms with E-state index in [2.05, 4.69) is 15.9 Å². The van der Waals surface area contributed by atoms with Gasteiger partial charge in [0, 0.05) is 48.3 Å². The van der Waals surface area contributed by atoms with Gasteiger partial charge in [-0.1, -0.05) is 34.1 Å². The third kappa shape index (κ3) is 3.09. The number of rotatable bonds is 1. The van der Waals surface area contributed by atoms with Crippen LogP contribution in [0.1, 0.15) is 42.2 Å². The number of hydrogen-bond acceptors (Lipinski definition) is 3. The smallest absolute Gasteiger partial charge is 0.254 e. The highest BCUT2D eigenvalue weighted by atomic mass is 79.9. The Kier molecular flexibility index (Phi) is 4.72. The van der Waals surface area contributed by atoms with E-state index in [-0.39, 0.29) is 11.8 Å². The van der Waals surface area contributed by atoms with Gasteiger partial charge in [-0.2, -0.15) is 0 Å². The molecule has 0 spiro atoms. The predicted octanol–water partition coefficient (Wildman–Crippen LogP) is 3.12. The lowest BCUT2D eigenvalue weighted by molar-refractivity contribution is 0.0809. The second-order valence-corrected chi connectivity index (χ2v) is 6.93. The monoisotopic (exact) mass is 400 g/mol. The average molecular weight is 401 g/mol. The number of aldehydes is 1. The summed E-state index contributed by atoms with van der Waals surface area (Å²) in [5.74, 6) is 0.116. The lowest BCUT2D eigenvalue weighted by Gasteiger charge is -2.04. The molecule has 2 heterocycles. The van der Waals surface area contributed by atoms with Crippen LogP contribution in [0, 0.1) is 0 Å². The minimum absolute atomic E-state index is 0.00120. The summed E-state index contributed by atoms with van der Waals surface area (Å²) in [4.78, 5) is 36.9. The second-order valence-electron chi connectivity index (χ2n) is 6.08. The number of carbonyl (C=O) groups is 3. The van der Waals surface area contributed by atoms with Crippen LogP contribution < -0.4 is 0 Å². The summed E-state index contributed by atoms with van der Waals surface area (Å²) in [6.07, 6.45) is 0.797. The van der Waals surface area contributed by atoms with Crippen molar-refractivity contribution in [2.75, 3.05) is 14.1 Å². The van der Waals surface area contributed by atoms with Crippen LogP contribution in [-0.4, -0.2) is 42.0 Å². The Labute approximate surface area is 154 Å². The number of fused-ring (bicyclic) bond motifs is 2. The van der Waals surface area contributed by atoms with Crippen molar-refractivity contribution in [1.29, 1.82) is 0 Å². The van der Waals surface area contributed by atoms with E-state index in [1.807, 2.05) is 25.2 Å². The van der Waals surface area contributed by atoms with Gasteiger partial charge in [-0.15, -0.1) is 0 Å². The van der Waals surface area contributed by atoms with Crippen LogP contribution in [0.3, 0.4) is 0 Å². The molecule has 2 aliphatic heterocycles. The standard InChI is InChI=1S/C10H9NO2.C9H8BrNO/c1-11-5-9-7(6-12)3-2-4-8(9)10(11)13;1-11-5-7-6(9(11)12)3-2-4-8(7)10/h2-4,6H,5H2,1H3;2-4H,5H2,1H3. The van der Waals surface area contributed by atoms with E-state index >= 15 is 0 Å². The number of amides is 2. The van der Waals surface area contributed by atoms with E-state index in [4.69, 9.17) is 0 Å². The summed E-state index contributed by atoms with van der Waals surface area (Å²) in [5, 5.41) is 0. The van der Waals surface area contributed by atoms with E-state index in [0.29, 0.717) is 17.7 Å². The first-order chi connectivity index (χ1) is 11.9. The lowest BCUT2D eigenvalue weighted by Crippen LogP contribution is -2.17. The van der Waals surface area contributed by atoms with E-state index in [1.54, 1.807) is 35.0 Å². The largest absolute Gasteiger partial charge is 0.337 e. The van der Waals surface area contributed by atoms with Gasteiger partial charge in [0.05, 0.1) is 0 Å². The van der Waals surface area contributed by atoms with Gasteiger partial charge < -0.3 is 9.80 Å². The number of benzene rings is 2. The van der Waals surface area contributed by atoms with Crippen LogP contribution >= 0.6 is 15.9 Å². The molecule has 0 bridgehead atoms. The Hall–Kier alpha value is -2.47. The van der Waals surface area contributed by atoms with E-state index in [1.165, 1.54) is 0 Å². The fourth-order valence-electron chi connectivity index (χ4n) is 3.04. The molecule has 0 unspecified atom stereocenters. The summed E-state index contributed by atoms with van der Waals surface area (Å²) in [7, 11) is 3.55. The van der Waals surface area contributed by atoms with Crippen molar-refractivity contribution in [3.63, 3.8) is 0 Å². The summed E-state index contributed by atoms with van der Waals surface area (Å²) < 4.78 is 1.03. The number of hydrogen-bond donors (Lipinski definition) is 0. The number of halogens is 1. The Morgan fingerprint density at radius 3 is 1.96 bits per heavy atom. The van der Waals surface area contributed by atoms with Crippen LogP contribution in [0.5, 0.6) is 0 Å². The topological polar surface area (TPSA) is 57.7 Å². The van der Waals surface area contributed by atoms with Crippen molar-refractivity contribution in [3.05, 3.63) is 68.7 Å². The summed E-state index contributed by atoms with van der Waals surface area (Å²) >= 11 is 3.42. The zero-order chi connectivity index (χ0) is 18.1. The van der Waals surface area contributed by atoms with Crippen LogP contribution in [-0.2, 0) is 13.1 Å².